The van der Waals surface area contributed by atoms with E-state index in [4.69, 9.17) is 0 Å². The molecular formula is C12H14F3N5S. The van der Waals surface area contributed by atoms with Crippen molar-refractivity contribution in [2.45, 2.75) is 26.1 Å². The first-order valence-electron chi connectivity index (χ1n) is 6.30. The van der Waals surface area contributed by atoms with E-state index >= 15 is 0 Å². The van der Waals surface area contributed by atoms with Crippen LogP contribution in [0.2, 0.25) is 0 Å². The summed E-state index contributed by atoms with van der Waals surface area (Å²) in [5.41, 5.74) is 1.66. The second kappa shape index (κ2) is 6.70. The molecule has 0 unspecified atom stereocenters. The van der Waals surface area contributed by atoms with Crippen LogP contribution in [0.25, 0.3) is 0 Å². The minimum Gasteiger partial charge on any atom is -0.370 e. The molecule has 0 radical (unpaired) electrons. The molecule has 0 aliphatic rings. The monoisotopic (exact) mass is 317 g/mol. The summed E-state index contributed by atoms with van der Waals surface area (Å²) < 4.78 is 38.4. The molecule has 2 heterocycles. The zero-order chi connectivity index (χ0) is 15.3. The van der Waals surface area contributed by atoms with E-state index in [0.29, 0.717) is 13.1 Å². The van der Waals surface area contributed by atoms with E-state index in [1.165, 1.54) is 17.4 Å². The molecule has 0 aliphatic heterocycles. The largest absolute Gasteiger partial charge is 0.451 e. The minimum atomic E-state index is -4.58. The number of aromatic nitrogens is 3. The number of hydrogen-bond donors (Lipinski definition) is 2. The van der Waals surface area contributed by atoms with E-state index in [2.05, 4.69) is 25.6 Å². The molecule has 21 heavy (non-hydrogen) atoms. The molecule has 2 aromatic heterocycles. The van der Waals surface area contributed by atoms with E-state index in [-0.39, 0.29) is 11.6 Å². The van der Waals surface area contributed by atoms with Gasteiger partial charge in [-0.05, 0) is 6.42 Å². The Morgan fingerprint density at radius 1 is 1.19 bits per heavy atom. The molecule has 5 nitrogen and oxygen atoms in total. The average Bonchev–Trinajstić information content (AvgIpc) is 2.95. The Balaban J connectivity index is 2.17. The van der Waals surface area contributed by atoms with Gasteiger partial charge in [0, 0.05) is 23.7 Å². The lowest BCUT2D eigenvalue weighted by molar-refractivity contribution is -0.144. The second-order valence-corrected chi connectivity index (χ2v) is 5.18. The third-order valence-electron chi connectivity index (χ3n) is 2.46. The van der Waals surface area contributed by atoms with Crippen molar-refractivity contribution in [2.24, 2.45) is 0 Å². The highest BCUT2D eigenvalue weighted by Gasteiger charge is 2.35. The molecule has 0 spiro atoms. The van der Waals surface area contributed by atoms with E-state index in [0.717, 1.165) is 11.3 Å². The molecule has 0 aliphatic carbocycles. The third kappa shape index (κ3) is 4.55. The van der Waals surface area contributed by atoms with Gasteiger partial charge in [-0.2, -0.15) is 13.2 Å². The van der Waals surface area contributed by atoms with Crippen molar-refractivity contribution in [1.29, 1.82) is 0 Å². The second-order valence-electron chi connectivity index (χ2n) is 4.21. The van der Waals surface area contributed by atoms with Gasteiger partial charge in [0.2, 0.25) is 5.82 Å². The Bertz CT molecular complexity index is 571. The zero-order valence-corrected chi connectivity index (χ0v) is 12.1. The van der Waals surface area contributed by atoms with Crippen LogP contribution in [-0.4, -0.2) is 21.5 Å². The van der Waals surface area contributed by atoms with Gasteiger partial charge in [0.05, 0.1) is 12.1 Å². The Morgan fingerprint density at radius 2 is 1.90 bits per heavy atom. The van der Waals surface area contributed by atoms with Gasteiger partial charge in [0.1, 0.15) is 11.6 Å². The summed E-state index contributed by atoms with van der Waals surface area (Å²) >= 11 is 1.42. The molecule has 0 bridgehead atoms. The standard InChI is InChI=1S/C12H14F3N5S/c1-2-3-17-9-4-10(18-6-8-5-16-7-21-8)20-11(19-9)12(13,14)15/h4-5,7H,2-3,6H2,1H3,(H2,17,18,19,20). The topological polar surface area (TPSA) is 62.7 Å². The van der Waals surface area contributed by atoms with Gasteiger partial charge in [-0.1, -0.05) is 6.92 Å². The predicted molar refractivity (Wildman–Crippen MR) is 75.3 cm³/mol. The fraction of sp³-hybridized carbons (Fsp3) is 0.417. The van der Waals surface area contributed by atoms with Crippen LogP contribution in [0.3, 0.4) is 0 Å². The van der Waals surface area contributed by atoms with Gasteiger partial charge in [0.25, 0.3) is 0 Å². The number of halogens is 3. The summed E-state index contributed by atoms with van der Waals surface area (Å²) in [4.78, 5) is 11.8. The Hall–Kier alpha value is -1.90. The number of anilines is 2. The molecule has 2 aromatic rings. The molecule has 0 atom stereocenters. The summed E-state index contributed by atoms with van der Waals surface area (Å²) in [7, 11) is 0. The fourth-order valence-corrected chi connectivity index (χ4v) is 2.05. The number of nitrogens with zero attached hydrogens (tertiary/aromatic N) is 3. The molecule has 0 saturated carbocycles. The molecule has 9 heteroatoms. The normalized spacial score (nSPS) is 11.4. The molecule has 2 N–H and O–H groups in total. The number of thiazole rings is 1. The molecule has 0 amide bonds. The van der Waals surface area contributed by atoms with E-state index in [1.807, 2.05) is 6.92 Å². The van der Waals surface area contributed by atoms with Crippen molar-refractivity contribution in [2.75, 3.05) is 17.2 Å². The first-order valence-corrected chi connectivity index (χ1v) is 7.18. The SMILES string of the molecule is CCCNc1cc(NCc2cncs2)nc(C(F)(F)F)n1. The number of alkyl halides is 3. The smallest absolute Gasteiger partial charge is 0.370 e. The van der Waals surface area contributed by atoms with Gasteiger partial charge >= 0.3 is 6.18 Å². The Labute approximate surface area is 123 Å². The number of rotatable bonds is 6. The molecule has 0 saturated heterocycles. The number of nitrogens with one attached hydrogen (secondary N) is 2. The van der Waals surface area contributed by atoms with Crippen LogP contribution in [0, 0.1) is 0 Å². The summed E-state index contributed by atoms with van der Waals surface area (Å²) in [6.45, 7) is 2.83. The molecule has 0 fully saturated rings. The van der Waals surface area contributed by atoms with Crippen molar-refractivity contribution >= 4 is 23.0 Å². The maximum Gasteiger partial charge on any atom is 0.451 e. The quantitative estimate of drug-likeness (QED) is 0.855. The van der Waals surface area contributed by atoms with Gasteiger partial charge in [-0.3, -0.25) is 4.98 Å². The first-order chi connectivity index (χ1) is 9.99. The maximum atomic E-state index is 12.8. The molecule has 2 rings (SSSR count). The van der Waals surface area contributed by atoms with Crippen LogP contribution < -0.4 is 10.6 Å². The molecule has 0 aromatic carbocycles. The fourth-order valence-electron chi connectivity index (χ4n) is 1.52. The Kier molecular flexibility index (Phi) is 4.94. The van der Waals surface area contributed by atoms with Crippen LogP contribution in [0.1, 0.15) is 24.0 Å². The van der Waals surface area contributed by atoms with Crippen LogP contribution in [-0.2, 0) is 12.7 Å². The Morgan fingerprint density at radius 3 is 2.48 bits per heavy atom. The van der Waals surface area contributed by atoms with Gasteiger partial charge in [-0.15, -0.1) is 11.3 Å². The highest BCUT2D eigenvalue weighted by Crippen LogP contribution is 2.28. The third-order valence-corrected chi connectivity index (χ3v) is 3.24. The summed E-state index contributed by atoms with van der Waals surface area (Å²) in [6, 6.07) is 1.46. The van der Waals surface area contributed by atoms with Gasteiger partial charge in [0.15, 0.2) is 0 Å². The highest BCUT2D eigenvalue weighted by molar-refractivity contribution is 7.09. The first kappa shape index (κ1) is 15.5. The lowest BCUT2D eigenvalue weighted by Crippen LogP contribution is -2.15. The molecular weight excluding hydrogens is 303 g/mol. The number of hydrogen-bond acceptors (Lipinski definition) is 6. The van der Waals surface area contributed by atoms with Gasteiger partial charge in [-0.25, -0.2) is 9.97 Å². The van der Waals surface area contributed by atoms with Crippen molar-refractivity contribution in [3.63, 3.8) is 0 Å². The van der Waals surface area contributed by atoms with Crippen molar-refractivity contribution in [3.05, 3.63) is 28.5 Å². The van der Waals surface area contributed by atoms with Crippen LogP contribution in [0.4, 0.5) is 24.8 Å². The summed E-state index contributed by atoms with van der Waals surface area (Å²) in [5.74, 6) is -0.870. The maximum absolute atomic E-state index is 12.8. The summed E-state index contributed by atoms with van der Waals surface area (Å²) in [6.07, 6.45) is -2.14. The van der Waals surface area contributed by atoms with E-state index in [9.17, 15) is 13.2 Å². The van der Waals surface area contributed by atoms with Crippen LogP contribution in [0.15, 0.2) is 17.8 Å². The highest BCUT2D eigenvalue weighted by atomic mass is 32.1. The van der Waals surface area contributed by atoms with Crippen molar-refractivity contribution < 1.29 is 13.2 Å². The molecule has 114 valence electrons. The minimum absolute atomic E-state index is 0.129. The predicted octanol–water partition coefficient (Wildman–Crippen LogP) is 3.39. The van der Waals surface area contributed by atoms with E-state index < -0.39 is 12.0 Å². The van der Waals surface area contributed by atoms with Crippen molar-refractivity contribution in [1.82, 2.24) is 15.0 Å². The van der Waals surface area contributed by atoms with Gasteiger partial charge < -0.3 is 10.6 Å². The summed E-state index contributed by atoms with van der Waals surface area (Å²) in [5, 5.41) is 5.70. The van der Waals surface area contributed by atoms with E-state index in [1.54, 1.807) is 11.7 Å². The van der Waals surface area contributed by atoms with Crippen molar-refractivity contribution in [3.8, 4) is 0 Å². The zero-order valence-electron chi connectivity index (χ0n) is 11.2. The van der Waals surface area contributed by atoms with Crippen LogP contribution in [0.5, 0.6) is 0 Å². The lowest BCUT2D eigenvalue weighted by atomic mass is 10.4. The van der Waals surface area contributed by atoms with Crippen LogP contribution >= 0.6 is 11.3 Å². The lowest BCUT2D eigenvalue weighted by Gasteiger charge is -2.12. The average molecular weight is 317 g/mol.